The van der Waals surface area contributed by atoms with E-state index < -0.39 is 17.9 Å². The average Bonchev–Trinajstić information content (AvgIpc) is 2.37. The lowest BCUT2D eigenvalue weighted by atomic mass is 10.1. The number of anilines is 1. The monoisotopic (exact) mass is 289 g/mol. The second kappa shape index (κ2) is 7.23. The van der Waals surface area contributed by atoms with Gasteiger partial charge in [-0.15, -0.1) is 6.58 Å². The lowest BCUT2D eigenvalue weighted by Gasteiger charge is -2.15. The standard InChI is InChI=1S/C15H19N3O3/c1-9(2)8-13(14(16)20)18-15(21)11-4-6-12(7-5-11)17-10(3)19/h4-7,13H,1,8H2,2-3H3,(H2,16,20)(H,17,19)(H,18,21)/t13-/m1/s1. The van der Waals surface area contributed by atoms with Gasteiger partial charge in [0, 0.05) is 18.2 Å². The van der Waals surface area contributed by atoms with Crippen molar-refractivity contribution in [2.75, 3.05) is 5.32 Å². The summed E-state index contributed by atoms with van der Waals surface area (Å²) in [5, 5.41) is 5.16. The minimum Gasteiger partial charge on any atom is -0.368 e. The Labute approximate surface area is 123 Å². The topological polar surface area (TPSA) is 101 Å². The Balaban J connectivity index is 2.76. The maximum atomic E-state index is 12.0. The smallest absolute Gasteiger partial charge is 0.251 e. The zero-order chi connectivity index (χ0) is 16.0. The number of carbonyl (C=O) groups is 3. The Morgan fingerprint density at radius 1 is 1.19 bits per heavy atom. The molecule has 0 unspecified atom stereocenters. The van der Waals surface area contributed by atoms with E-state index in [9.17, 15) is 14.4 Å². The molecule has 21 heavy (non-hydrogen) atoms. The van der Waals surface area contributed by atoms with E-state index in [4.69, 9.17) is 5.73 Å². The summed E-state index contributed by atoms with van der Waals surface area (Å²) in [6, 6.07) is 5.53. The van der Waals surface area contributed by atoms with Gasteiger partial charge in [-0.05, 0) is 37.6 Å². The van der Waals surface area contributed by atoms with Crippen molar-refractivity contribution in [1.82, 2.24) is 5.32 Å². The summed E-state index contributed by atoms with van der Waals surface area (Å²) in [4.78, 5) is 34.2. The molecule has 0 radical (unpaired) electrons. The third-order valence-corrected chi connectivity index (χ3v) is 2.67. The minimum atomic E-state index is -0.787. The van der Waals surface area contributed by atoms with Crippen LogP contribution in [0.2, 0.25) is 0 Å². The van der Waals surface area contributed by atoms with Gasteiger partial charge in [-0.25, -0.2) is 0 Å². The Hall–Kier alpha value is -2.63. The molecule has 6 heteroatoms. The molecular formula is C15H19N3O3. The minimum absolute atomic E-state index is 0.192. The number of rotatable bonds is 6. The molecule has 0 spiro atoms. The van der Waals surface area contributed by atoms with Gasteiger partial charge in [-0.2, -0.15) is 0 Å². The van der Waals surface area contributed by atoms with Crippen LogP contribution in [-0.2, 0) is 9.59 Å². The van der Waals surface area contributed by atoms with Crippen LogP contribution in [0.3, 0.4) is 0 Å². The first-order valence-corrected chi connectivity index (χ1v) is 6.42. The van der Waals surface area contributed by atoms with Gasteiger partial charge in [0.25, 0.3) is 5.91 Å². The summed E-state index contributed by atoms with van der Waals surface area (Å²) in [7, 11) is 0. The van der Waals surface area contributed by atoms with Crippen LogP contribution in [0.25, 0.3) is 0 Å². The molecule has 3 amide bonds. The molecule has 0 heterocycles. The molecule has 1 atom stereocenters. The van der Waals surface area contributed by atoms with E-state index in [1.54, 1.807) is 31.2 Å². The van der Waals surface area contributed by atoms with Crippen molar-refractivity contribution >= 4 is 23.4 Å². The van der Waals surface area contributed by atoms with E-state index in [2.05, 4.69) is 17.2 Å². The number of carbonyl (C=O) groups excluding carboxylic acids is 3. The second-order valence-corrected chi connectivity index (χ2v) is 4.85. The first-order valence-electron chi connectivity index (χ1n) is 6.42. The second-order valence-electron chi connectivity index (χ2n) is 4.85. The number of amides is 3. The fraction of sp³-hybridized carbons (Fsp3) is 0.267. The van der Waals surface area contributed by atoms with Gasteiger partial charge in [-0.1, -0.05) is 5.57 Å². The molecule has 1 aromatic carbocycles. The predicted molar refractivity (Wildman–Crippen MR) is 80.6 cm³/mol. The highest BCUT2D eigenvalue weighted by Crippen LogP contribution is 2.10. The largest absolute Gasteiger partial charge is 0.368 e. The first-order chi connectivity index (χ1) is 9.79. The van der Waals surface area contributed by atoms with Crippen LogP contribution in [0.4, 0.5) is 5.69 Å². The van der Waals surface area contributed by atoms with Crippen molar-refractivity contribution in [3.05, 3.63) is 42.0 Å². The molecule has 0 saturated heterocycles. The van der Waals surface area contributed by atoms with Crippen molar-refractivity contribution < 1.29 is 14.4 Å². The Morgan fingerprint density at radius 3 is 2.19 bits per heavy atom. The van der Waals surface area contributed by atoms with Crippen molar-refractivity contribution in [3.8, 4) is 0 Å². The lowest BCUT2D eigenvalue weighted by Crippen LogP contribution is -2.44. The molecule has 0 aliphatic heterocycles. The van der Waals surface area contributed by atoms with E-state index in [1.807, 2.05) is 0 Å². The molecule has 0 aromatic heterocycles. The molecular weight excluding hydrogens is 270 g/mol. The van der Waals surface area contributed by atoms with Crippen LogP contribution < -0.4 is 16.4 Å². The van der Waals surface area contributed by atoms with E-state index in [0.29, 0.717) is 17.7 Å². The molecule has 1 rings (SSSR count). The zero-order valence-corrected chi connectivity index (χ0v) is 12.1. The number of hydrogen-bond donors (Lipinski definition) is 3. The van der Waals surface area contributed by atoms with Crippen LogP contribution >= 0.6 is 0 Å². The maximum Gasteiger partial charge on any atom is 0.251 e. The van der Waals surface area contributed by atoms with Crippen molar-refractivity contribution in [2.24, 2.45) is 5.73 Å². The SMILES string of the molecule is C=C(C)C[C@@H](NC(=O)c1ccc(NC(C)=O)cc1)C(N)=O. The summed E-state index contributed by atoms with van der Waals surface area (Å²) in [5.41, 5.74) is 6.96. The van der Waals surface area contributed by atoms with E-state index in [-0.39, 0.29) is 5.91 Å². The van der Waals surface area contributed by atoms with Gasteiger partial charge in [0.15, 0.2) is 0 Å². The molecule has 6 nitrogen and oxygen atoms in total. The van der Waals surface area contributed by atoms with Gasteiger partial charge < -0.3 is 16.4 Å². The quantitative estimate of drug-likeness (QED) is 0.686. The fourth-order valence-electron chi connectivity index (χ4n) is 1.72. The third kappa shape index (κ3) is 5.48. The highest BCUT2D eigenvalue weighted by molar-refractivity contribution is 5.98. The Kier molecular flexibility index (Phi) is 5.66. The molecule has 4 N–H and O–H groups in total. The lowest BCUT2D eigenvalue weighted by molar-refractivity contribution is -0.119. The summed E-state index contributed by atoms with van der Waals surface area (Å²) in [5.74, 6) is -1.21. The molecule has 0 fully saturated rings. The van der Waals surface area contributed by atoms with Crippen LogP contribution in [0.15, 0.2) is 36.4 Å². The highest BCUT2D eigenvalue weighted by atomic mass is 16.2. The summed E-state index contributed by atoms with van der Waals surface area (Å²) in [6.45, 7) is 6.85. The predicted octanol–water partition coefficient (Wildman–Crippen LogP) is 1.19. The van der Waals surface area contributed by atoms with Crippen molar-refractivity contribution in [3.63, 3.8) is 0 Å². The first kappa shape index (κ1) is 16.4. The number of nitrogens with two attached hydrogens (primary N) is 1. The third-order valence-electron chi connectivity index (χ3n) is 2.67. The van der Waals surface area contributed by atoms with Crippen LogP contribution in [0.5, 0.6) is 0 Å². The fourth-order valence-corrected chi connectivity index (χ4v) is 1.72. The molecule has 0 saturated carbocycles. The molecule has 112 valence electrons. The summed E-state index contributed by atoms with van der Waals surface area (Å²) < 4.78 is 0. The van der Waals surface area contributed by atoms with Gasteiger partial charge in [0.05, 0.1) is 0 Å². The number of benzene rings is 1. The van der Waals surface area contributed by atoms with Crippen molar-refractivity contribution in [2.45, 2.75) is 26.3 Å². The van der Waals surface area contributed by atoms with Gasteiger partial charge >= 0.3 is 0 Å². The van der Waals surface area contributed by atoms with E-state index in [1.165, 1.54) is 6.92 Å². The van der Waals surface area contributed by atoms with Gasteiger partial charge in [0.1, 0.15) is 6.04 Å². The van der Waals surface area contributed by atoms with Crippen LogP contribution in [0.1, 0.15) is 30.6 Å². The number of primary amides is 1. The summed E-state index contributed by atoms with van der Waals surface area (Å²) in [6.07, 6.45) is 0.297. The summed E-state index contributed by atoms with van der Waals surface area (Å²) >= 11 is 0. The van der Waals surface area contributed by atoms with Gasteiger partial charge in [-0.3, -0.25) is 14.4 Å². The van der Waals surface area contributed by atoms with Crippen LogP contribution in [0, 0.1) is 0 Å². The normalized spacial score (nSPS) is 11.3. The number of hydrogen-bond acceptors (Lipinski definition) is 3. The van der Waals surface area contributed by atoms with Crippen LogP contribution in [-0.4, -0.2) is 23.8 Å². The zero-order valence-electron chi connectivity index (χ0n) is 12.1. The van der Waals surface area contributed by atoms with Crippen molar-refractivity contribution in [1.29, 1.82) is 0 Å². The molecule has 1 aromatic rings. The Bertz CT molecular complexity index is 564. The average molecular weight is 289 g/mol. The molecule has 0 bridgehead atoms. The Morgan fingerprint density at radius 2 is 1.76 bits per heavy atom. The maximum absolute atomic E-state index is 12.0. The van der Waals surface area contributed by atoms with E-state index in [0.717, 1.165) is 5.57 Å². The highest BCUT2D eigenvalue weighted by Gasteiger charge is 2.18. The molecule has 0 aliphatic carbocycles. The molecule has 0 aliphatic rings. The number of nitrogens with one attached hydrogen (secondary N) is 2. The van der Waals surface area contributed by atoms with Gasteiger partial charge in [0.2, 0.25) is 11.8 Å². The van der Waals surface area contributed by atoms with E-state index >= 15 is 0 Å².